The lowest BCUT2D eigenvalue weighted by Crippen LogP contribution is -1.98. The fraction of sp³-hybridized carbons (Fsp3) is 0.0667. The minimum absolute atomic E-state index is 0.489. The molecule has 0 radical (unpaired) electrons. The van der Waals surface area contributed by atoms with Crippen molar-refractivity contribution >= 4 is 34.3 Å². The molecule has 0 fully saturated rings. The van der Waals surface area contributed by atoms with Crippen molar-refractivity contribution in [3.63, 3.8) is 0 Å². The summed E-state index contributed by atoms with van der Waals surface area (Å²) in [5.41, 5.74) is 7.98. The third-order valence-electron chi connectivity index (χ3n) is 2.97. The lowest BCUT2D eigenvalue weighted by molar-refractivity contribution is 1.03. The topological polar surface area (TPSA) is 41.8 Å². The first-order valence-corrected chi connectivity index (χ1v) is 7.20. The van der Waals surface area contributed by atoms with Crippen LogP contribution in [0, 0.1) is 0 Å². The average Bonchev–Trinajstić information content (AvgIpc) is 2.83. The first-order valence-electron chi connectivity index (χ1n) is 6.00. The first kappa shape index (κ1) is 12.6. The number of benzene rings is 2. The van der Waals surface area contributed by atoms with Crippen molar-refractivity contribution in [1.82, 2.24) is 4.98 Å². The van der Waals surface area contributed by atoms with Crippen molar-refractivity contribution in [3.8, 4) is 0 Å². The molecule has 3 aromatic rings. The van der Waals surface area contributed by atoms with Crippen LogP contribution in [0.2, 0.25) is 5.02 Å². The third kappa shape index (κ3) is 2.63. The molecule has 3 N–H and O–H groups in total. The number of nitrogens with one attached hydrogen (secondary N) is 1. The van der Waals surface area contributed by atoms with Crippen molar-refractivity contribution in [2.24, 2.45) is 5.73 Å². The summed E-state index contributed by atoms with van der Waals surface area (Å²) in [6.07, 6.45) is 0. The number of hydrogen-bond donors (Lipinski definition) is 2. The summed E-state index contributed by atoms with van der Waals surface area (Å²) in [4.78, 5) is 4.54. The summed E-state index contributed by atoms with van der Waals surface area (Å²) in [5.74, 6) is 0. The fourth-order valence-corrected chi connectivity index (χ4v) is 3.22. The van der Waals surface area contributed by atoms with Crippen LogP contribution >= 0.6 is 23.4 Å². The molecule has 4 heteroatoms. The summed E-state index contributed by atoms with van der Waals surface area (Å²) in [6.45, 7) is 0.489. The molecule has 0 aliphatic heterocycles. The number of H-pyrrole nitrogens is 1. The molecule has 1 aromatic heterocycles. The fourth-order valence-electron chi connectivity index (χ4n) is 2.03. The van der Waals surface area contributed by atoms with Gasteiger partial charge in [0, 0.05) is 27.4 Å². The Morgan fingerprint density at radius 1 is 1.11 bits per heavy atom. The minimum atomic E-state index is 0.489. The molecular formula is C15H13ClN2S. The van der Waals surface area contributed by atoms with Crippen LogP contribution < -0.4 is 5.73 Å². The number of aromatic nitrogens is 1. The van der Waals surface area contributed by atoms with Gasteiger partial charge in [0.15, 0.2) is 0 Å². The highest BCUT2D eigenvalue weighted by Crippen LogP contribution is 2.33. The molecule has 2 aromatic carbocycles. The summed E-state index contributed by atoms with van der Waals surface area (Å²) < 4.78 is 0. The Morgan fingerprint density at radius 3 is 2.74 bits per heavy atom. The van der Waals surface area contributed by atoms with Gasteiger partial charge in [0.25, 0.3) is 0 Å². The zero-order valence-corrected chi connectivity index (χ0v) is 11.8. The van der Waals surface area contributed by atoms with E-state index in [-0.39, 0.29) is 0 Å². The van der Waals surface area contributed by atoms with Crippen LogP contribution in [-0.4, -0.2) is 4.98 Å². The van der Waals surface area contributed by atoms with E-state index in [2.05, 4.69) is 23.2 Å². The standard InChI is InChI=1S/C15H13ClN2S/c16-12-5-6-14(11(7-12)9-17)19-15-8-10-3-1-2-4-13(10)18-15/h1-8,18H,9,17H2. The molecule has 0 amide bonds. The molecule has 0 saturated heterocycles. The molecule has 2 nitrogen and oxygen atoms in total. The number of para-hydroxylation sites is 1. The van der Waals surface area contributed by atoms with Gasteiger partial charge in [-0.2, -0.15) is 0 Å². The monoisotopic (exact) mass is 288 g/mol. The quantitative estimate of drug-likeness (QED) is 0.748. The molecule has 0 atom stereocenters. The molecule has 1 heterocycles. The number of hydrogen-bond acceptors (Lipinski definition) is 2. The van der Waals surface area contributed by atoms with E-state index < -0.39 is 0 Å². The van der Waals surface area contributed by atoms with Crippen molar-refractivity contribution in [1.29, 1.82) is 0 Å². The summed E-state index contributed by atoms with van der Waals surface area (Å²) in [6, 6.07) is 16.2. The number of rotatable bonds is 3. The van der Waals surface area contributed by atoms with E-state index in [1.165, 1.54) is 5.39 Å². The van der Waals surface area contributed by atoms with Gasteiger partial charge >= 0.3 is 0 Å². The molecule has 3 rings (SSSR count). The largest absolute Gasteiger partial charge is 0.349 e. The van der Waals surface area contributed by atoms with Gasteiger partial charge in [0.1, 0.15) is 0 Å². The second-order valence-corrected chi connectivity index (χ2v) is 5.80. The highest BCUT2D eigenvalue weighted by Gasteiger charge is 2.06. The van der Waals surface area contributed by atoms with Crippen molar-refractivity contribution in [2.75, 3.05) is 0 Å². The predicted molar refractivity (Wildman–Crippen MR) is 81.8 cm³/mol. The highest BCUT2D eigenvalue weighted by molar-refractivity contribution is 7.99. The van der Waals surface area contributed by atoms with Gasteiger partial charge in [0.05, 0.1) is 5.03 Å². The van der Waals surface area contributed by atoms with E-state index in [0.717, 1.165) is 26.0 Å². The van der Waals surface area contributed by atoms with Gasteiger partial charge in [0.2, 0.25) is 0 Å². The molecule has 0 unspecified atom stereocenters. The van der Waals surface area contributed by atoms with Gasteiger partial charge in [-0.25, -0.2) is 0 Å². The Balaban J connectivity index is 1.96. The minimum Gasteiger partial charge on any atom is -0.349 e. The van der Waals surface area contributed by atoms with Crippen LogP contribution in [0.15, 0.2) is 58.5 Å². The molecule has 0 aliphatic carbocycles. The molecule has 0 spiro atoms. The third-order valence-corrected chi connectivity index (χ3v) is 4.26. The molecule has 19 heavy (non-hydrogen) atoms. The van der Waals surface area contributed by atoms with Crippen molar-refractivity contribution < 1.29 is 0 Å². The van der Waals surface area contributed by atoms with Gasteiger partial charge in [-0.15, -0.1) is 0 Å². The number of nitrogens with two attached hydrogens (primary N) is 1. The van der Waals surface area contributed by atoms with Crippen LogP contribution in [0.25, 0.3) is 10.9 Å². The van der Waals surface area contributed by atoms with E-state index >= 15 is 0 Å². The molecule has 0 aliphatic rings. The maximum Gasteiger partial charge on any atom is 0.0780 e. The normalized spacial score (nSPS) is 11.1. The summed E-state index contributed by atoms with van der Waals surface area (Å²) >= 11 is 7.67. The Kier molecular flexibility index (Phi) is 3.51. The average molecular weight is 289 g/mol. The number of aromatic amines is 1. The SMILES string of the molecule is NCc1cc(Cl)ccc1Sc1cc2ccccc2[nH]1. The van der Waals surface area contributed by atoms with Gasteiger partial charge < -0.3 is 10.7 Å². The summed E-state index contributed by atoms with van der Waals surface area (Å²) in [5, 5.41) is 3.05. The molecular weight excluding hydrogens is 276 g/mol. The lowest BCUT2D eigenvalue weighted by Gasteiger charge is -2.06. The predicted octanol–water partition coefficient (Wildman–Crippen LogP) is 4.43. The van der Waals surface area contributed by atoms with E-state index in [9.17, 15) is 0 Å². The molecule has 96 valence electrons. The van der Waals surface area contributed by atoms with E-state index in [4.69, 9.17) is 17.3 Å². The van der Waals surface area contributed by atoms with Gasteiger partial charge in [-0.3, -0.25) is 0 Å². The molecule has 0 saturated carbocycles. The van der Waals surface area contributed by atoms with Gasteiger partial charge in [-0.05, 0) is 35.9 Å². The zero-order chi connectivity index (χ0) is 13.2. The Hall–Kier alpha value is -1.42. The molecule has 0 bridgehead atoms. The highest BCUT2D eigenvalue weighted by atomic mass is 35.5. The Morgan fingerprint density at radius 2 is 1.95 bits per heavy atom. The second kappa shape index (κ2) is 5.29. The summed E-state index contributed by atoms with van der Waals surface area (Å²) in [7, 11) is 0. The van der Waals surface area contributed by atoms with Gasteiger partial charge in [-0.1, -0.05) is 41.6 Å². The Labute approximate surface area is 121 Å². The van der Waals surface area contributed by atoms with Crippen LogP contribution in [-0.2, 0) is 6.54 Å². The van der Waals surface area contributed by atoms with E-state index in [1.807, 2.05) is 30.3 Å². The first-order chi connectivity index (χ1) is 9.26. The van der Waals surface area contributed by atoms with E-state index in [1.54, 1.807) is 11.8 Å². The van der Waals surface area contributed by atoms with Crippen molar-refractivity contribution in [2.45, 2.75) is 16.5 Å². The van der Waals surface area contributed by atoms with Crippen LogP contribution in [0.3, 0.4) is 0 Å². The van der Waals surface area contributed by atoms with Crippen molar-refractivity contribution in [3.05, 3.63) is 59.1 Å². The zero-order valence-electron chi connectivity index (χ0n) is 10.2. The maximum absolute atomic E-state index is 5.99. The number of fused-ring (bicyclic) bond motifs is 1. The number of halogens is 1. The lowest BCUT2D eigenvalue weighted by atomic mass is 10.2. The second-order valence-electron chi connectivity index (χ2n) is 4.28. The smallest absolute Gasteiger partial charge is 0.0780 e. The van der Waals surface area contributed by atoms with Crippen LogP contribution in [0.5, 0.6) is 0 Å². The van der Waals surface area contributed by atoms with Crippen LogP contribution in [0.1, 0.15) is 5.56 Å². The van der Waals surface area contributed by atoms with E-state index in [0.29, 0.717) is 6.54 Å². The Bertz CT molecular complexity index is 688. The maximum atomic E-state index is 5.99. The van der Waals surface area contributed by atoms with Crippen LogP contribution in [0.4, 0.5) is 0 Å².